The van der Waals surface area contributed by atoms with Crippen molar-refractivity contribution in [2.45, 2.75) is 6.54 Å². The molecule has 1 aliphatic rings. The summed E-state index contributed by atoms with van der Waals surface area (Å²) in [5.41, 5.74) is 1.50. The molecule has 1 aliphatic heterocycles. The molecule has 1 fully saturated rings. The van der Waals surface area contributed by atoms with Gasteiger partial charge in [0.2, 0.25) is 5.76 Å². The van der Waals surface area contributed by atoms with E-state index in [1.165, 1.54) is 24.1 Å². The number of carboxylic acids is 1. The zero-order valence-electron chi connectivity index (χ0n) is 15.2. The number of amides is 2. The van der Waals surface area contributed by atoms with Crippen LogP contribution < -0.4 is 5.32 Å². The molecule has 146 valence electrons. The molecule has 0 bridgehead atoms. The maximum atomic E-state index is 12.5. The maximum absolute atomic E-state index is 12.5. The smallest absolute Gasteiger partial charge is 0.371 e. The largest absolute Gasteiger partial charge is 0.475 e. The Morgan fingerprint density at radius 2 is 2.00 bits per heavy atom. The number of para-hydroxylation sites is 1. The van der Waals surface area contributed by atoms with Crippen LogP contribution >= 0.6 is 12.2 Å². The monoisotopic (exact) mass is 409 g/mol. The molecule has 8 nitrogen and oxygen atoms in total. The van der Waals surface area contributed by atoms with Gasteiger partial charge in [-0.2, -0.15) is 0 Å². The molecule has 0 radical (unpaired) electrons. The van der Waals surface area contributed by atoms with Crippen LogP contribution in [0.4, 0.5) is 0 Å². The van der Waals surface area contributed by atoms with E-state index in [2.05, 4.69) is 5.32 Å². The normalized spacial score (nSPS) is 16.0. The summed E-state index contributed by atoms with van der Waals surface area (Å²) in [6.07, 6.45) is 3.31. The molecule has 1 aromatic carbocycles. The van der Waals surface area contributed by atoms with Crippen molar-refractivity contribution in [3.63, 3.8) is 0 Å². The lowest BCUT2D eigenvalue weighted by molar-refractivity contribution is -0.128. The molecule has 1 saturated heterocycles. The highest BCUT2D eigenvalue weighted by atomic mass is 32.1. The molecule has 3 heterocycles. The van der Waals surface area contributed by atoms with Gasteiger partial charge in [0, 0.05) is 29.7 Å². The van der Waals surface area contributed by atoms with Crippen molar-refractivity contribution in [2.24, 2.45) is 0 Å². The summed E-state index contributed by atoms with van der Waals surface area (Å²) >= 11 is 4.96. The van der Waals surface area contributed by atoms with Gasteiger partial charge in [0.15, 0.2) is 5.11 Å². The third-order valence-corrected chi connectivity index (χ3v) is 5.00. The van der Waals surface area contributed by atoms with Gasteiger partial charge in [-0.25, -0.2) is 4.79 Å². The number of likely N-dealkylation sites (N-methyl/N-ethyl adjacent to an activating group) is 1. The molecule has 2 aromatic heterocycles. The summed E-state index contributed by atoms with van der Waals surface area (Å²) in [7, 11) is 1.50. The number of hydrogen-bond acceptors (Lipinski definition) is 5. The third kappa shape index (κ3) is 3.32. The predicted octanol–water partition coefficient (Wildman–Crippen LogP) is 2.24. The summed E-state index contributed by atoms with van der Waals surface area (Å²) in [5, 5.41) is 12.4. The lowest BCUT2D eigenvalue weighted by Crippen LogP contribution is -2.52. The van der Waals surface area contributed by atoms with E-state index in [1.807, 2.05) is 28.8 Å². The number of aromatic nitrogens is 1. The quantitative estimate of drug-likeness (QED) is 0.389. The van der Waals surface area contributed by atoms with Crippen LogP contribution in [0.2, 0.25) is 0 Å². The Hall–Kier alpha value is -3.72. The van der Waals surface area contributed by atoms with Crippen LogP contribution in [-0.2, 0) is 16.1 Å². The molecule has 2 N–H and O–H groups in total. The van der Waals surface area contributed by atoms with Crippen LogP contribution in [0.15, 0.2) is 52.6 Å². The topological polar surface area (TPSA) is 105 Å². The number of benzene rings is 1. The number of rotatable bonds is 4. The number of nitrogens with one attached hydrogen (secondary N) is 1. The lowest BCUT2D eigenvalue weighted by Gasteiger charge is -2.24. The van der Waals surface area contributed by atoms with Crippen molar-refractivity contribution < 1.29 is 23.9 Å². The lowest BCUT2D eigenvalue weighted by atomic mass is 10.1. The second kappa shape index (κ2) is 7.02. The van der Waals surface area contributed by atoms with E-state index in [1.54, 1.807) is 12.3 Å². The van der Waals surface area contributed by atoms with Crippen molar-refractivity contribution in [1.82, 2.24) is 14.8 Å². The first kappa shape index (κ1) is 18.6. The van der Waals surface area contributed by atoms with Crippen molar-refractivity contribution >= 4 is 52.1 Å². The SMILES string of the molecule is CN1C(=O)/C(=C/c2cn(Cc3ccc(C(=O)O)o3)c3ccccc23)C(=O)NC1=S. The second-order valence-electron chi connectivity index (χ2n) is 6.48. The number of hydrogen-bond donors (Lipinski definition) is 2. The fraction of sp³-hybridized carbons (Fsp3) is 0.100. The van der Waals surface area contributed by atoms with E-state index >= 15 is 0 Å². The Kier molecular flexibility index (Phi) is 4.51. The van der Waals surface area contributed by atoms with Crippen LogP contribution in [0, 0.1) is 0 Å². The van der Waals surface area contributed by atoms with Crippen molar-refractivity contribution in [2.75, 3.05) is 7.05 Å². The molecule has 0 unspecified atom stereocenters. The minimum atomic E-state index is -1.14. The maximum Gasteiger partial charge on any atom is 0.371 e. The summed E-state index contributed by atoms with van der Waals surface area (Å²) in [5.74, 6) is -1.83. The number of thiocarbonyl (C=S) groups is 1. The van der Waals surface area contributed by atoms with E-state index in [0.717, 1.165) is 10.9 Å². The Labute approximate surface area is 170 Å². The van der Waals surface area contributed by atoms with Gasteiger partial charge < -0.3 is 14.1 Å². The molecule has 0 atom stereocenters. The van der Waals surface area contributed by atoms with Gasteiger partial charge in [0.1, 0.15) is 11.3 Å². The van der Waals surface area contributed by atoms with Gasteiger partial charge in [-0.1, -0.05) is 18.2 Å². The highest BCUT2D eigenvalue weighted by Gasteiger charge is 2.31. The van der Waals surface area contributed by atoms with Crippen LogP contribution in [-0.4, -0.2) is 44.5 Å². The number of furan rings is 1. The molecule has 3 aromatic rings. The number of carboxylic acid groups (broad SMARTS) is 1. The minimum absolute atomic E-state index is 0.0184. The van der Waals surface area contributed by atoms with Gasteiger partial charge in [-0.15, -0.1) is 0 Å². The number of carbonyl (C=O) groups excluding carboxylic acids is 2. The molecule has 0 aliphatic carbocycles. The Bertz CT molecular complexity index is 1220. The predicted molar refractivity (Wildman–Crippen MR) is 108 cm³/mol. The fourth-order valence-corrected chi connectivity index (χ4v) is 3.34. The van der Waals surface area contributed by atoms with E-state index in [4.69, 9.17) is 21.7 Å². The van der Waals surface area contributed by atoms with Gasteiger partial charge in [-0.05, 0) is 36.5 Å². The van der Waals surface area contributed by atoms with Gasteiger partial charge >= 0.3 is 5.97 Å². The minimum Gasteiger partial charge on any atom is -0.475 e. The Balaban J connectivity index is 1.76. The first-order chi connectivity index (χ1) is 13.8. The molecule has 2 amide bonds. The molecule has 29 heavy (non-hydrogen) atoms. The first-order valence-electron chi connectivity index (χ1n) is 8.60. The molecule has 0 spiro atoms. The van der Waals surface area contributed by atoms with E-state index in [-0.39, 0.29) is 16.4 Å². The van der Waals surface area contributed by atoms with Gasteiger partial charge in [0.25, 0.3) is 11.8 Å². The summed E-state index contributed by atoms with van der Waals surface area (Å²) < 4.78 is 7.21. The molecule has 0 saturated carbocycles. The van der Waals surface area contributed by atoms with Crippen molar-refractivity contribution in [1.29, 1.82) is 0 Å². The number of aromatic carboxylic acids is 1. The Morgan fingerprint density at radius 1 is 1.24 bits per heavy atom. The molecule has 4 rings (SSSR count). The highest BCUT2D eigenvalue weighted by Crippen LogP contribution is 2.26. The Morgan fingerprint density at radius 3 is 2.72 bits per heavy atom. The second-order valence-corrected chi connectivity index (χ2v) is 6.87. The zero-order chi connectivity index (χ0) is 20.7. The van der Waals surface area contributed by atoms with Crippen LogP contribution in [0.3, 0.4) is 0 Å². The average molecular weight is 409 g/mol. The number of carbonyl (C=O) groups is 3. The van der Waals surface area contributed by atoms with Crippen molar-refractivity contribution in [3.8, 4) is 0 Å². The number of fused-ring (bicyclic) bond motifs is 1. The molecular weight excluding hydrogens is 394 g/mol. The standard InChI is InChI=1S/C20H15N3O5S/c1-22-18(25)14(17(24)21-20(22)29)8-11-9-23(15-5-3-2-4-13(11)15)10-12-6-7-16(28-12)19(26)27/h2-9H,10H2,1H3,(H,26,27)(H,21,24,29)/b14-8+. The molecule has 9 heteroatoms. The van der Waals surface area contributed by atoms with E-state index in [9.17, 15) is 14.4 Å². The fourth-order valence-electron chi connectivity index (χ4n) is 3.17. The molecular formula is C20H15N3O5S. The average Bonchev–Trinajstić information content (AvgIpc) is 3.29. The van der Waals surface area contributed by atoms with E-state index in [0.29, 0.717) is 17.9 Å². The van der Waals surface area contributed by atoms with Gasteiger partial charge in [0.05, 0.1) is 6.54 Å². The van der Waals surface area contributed by atoms with Gasteiger partial charge in [-0.3, -0.25) is 19.8 Å². The number of nitrogens with zero attached hydrogens (tertiary/aromatic N) is 2. The summed E-state index contributed by atoms with van der Waals surface area (Å²) in [4.78, 5) is 37.0. The van der Waals surface area contributed by atoms with Crippen LogP contribution in [0.5, 0.6) is 0 Å². The first-order valence-corrected chi connectivity index (χ1v) is 9.01. The van der Waals surface area contributed by atoms with Crippen LogP contribution in [0.25, 0.3) is 17.0 Å². The summed E-state index contributed by atoms with van der Waals surface area (Å²) in [6.45, 7) is 0.293. The third-order valence-electron chi connectivity index (χ3n) is 4.62. The highest BCUT2D eigenvalue weighted by molar-refractivity contribution is 7.80. The summed E-state index contributed by atoms with van der Waals surface area (Å²) in [6, 6.07) is 10.5. The van der Waals surface area contributed by atoms with E-state index < -0.39 is 17.8 Å². The van der Waals surface area contributed by atoms with Crippen LogP contribution in [0.1, 0.15) is 21.9 Å². The zero-order valence-corrected chi connectivity index (χ0v) is 16.0. The van der Waals surface area contributed by atoms with Crippen molar-refractivity contribution in [3.05, 3.63) is 65.3 Å².